The molecule has 0 radical (unpaired) electrons. The van der Waals surface area contributed by atoms with E-state index >= 15 is 0 Å². The Bertz CT molecular complexity index is 3870. The summed E-state index contributed by atoms with van der Waals surface area (Å²) in [6, 6.07) is 26.8. The van der Waals surface area contributed by atoms with Gasteiger partial charge in [0.15, 0.2) is 0 Å². The van der Waals surface area contributed by atoms with Crippen LogP contribution in [0.4, 0.5) is 0 Å². The molecule has 1 fully saturated rings. The molecule has 2 heteroatoms. The molecule has 0 amide bonds. The van der Waals surface area contributed by atoms with Gasteiger partial charge in [-0.2, -0.15) is 0 Å². The van der Waals surface area contributed by atoms with Gasteiger partial charge in [-0.05, 0) is 150 Å². The second-order valence-electron chi connectivity index (χ2n) is 21.8. The van der Waals surface area contributed by atoms with E-state index in [4.69, 9.17) is 0 Å². The third kappa shape index (κ3) is 2.98. The number of benzene rings is 6. The molecule has 0 aromatic heterocycles. The summed E-state index contributed by atoms with van der Waals surface area (Å²) in [6.45, 7) is 13.5. The molecule has 0 N–H and O–H groups in total. The molecule has 18 rings (SSSR count). The van der Waals surface area contributed by atoms with E-state index in [1.54, 1.807) is 97.1 Å². The van der Waals surface area contributed by atoms with Gasteiger partial charge in [0.1, 0.15) is 0 Å². The lowest BCUT2D eigenvalue weighted by atomic mass is 9.61. The van der Waals surface area contributed by atoms with E-state index in [1.165, 1.54) is 34.2 Å². The minimum Gasteiger partial charge on any atom is -0.0985 e. The molecule has 0 heterocycles. The molecule has 0 aliphatic heterocycles. The fourth-order valence-corrected chi connectivity index (χ4v) is 23.0. The number of rotatable bonds is 8. The first-order valence-electron chi connectivity index (χ1n) is 23.9. The molecule has 8 aromatic carbocycles. The number of allylic oxidation sites excluding steroid dienone is 7. The third-order valence-electron chi connectivity index (χ3n) is 19.9. The zero-order valence-electron chi connectivity index (χ0n) is 35.1. The summed E-state index contributed by atoms with van der Waals surface area (Å²) in [7, 11) is -2.81. The van der Waals surface area contributed by atoms with E-state index in [1.807, 2.05) is 28.9 Å². The zero-order valence-corrected chi connectivity index (χ0v) is 37.5. The molecule has 292 valence electrons. The molecule has 0 nitrogen and oxygen atoms in total. The predicted molar refractivity (Wildman–Crippen MR) is 267 cm³/mol. The van der Waals surface area contributed by atoms with E-state index in [2.05, 4.69) is 129 Å². The maximum atomic E-state index is 4.11. The average Bonchev–Trinajstić information content (AvgIpc) is 4.13. The molecule has 8 aromatic rings. The molecule has 1 saturated carbocycles. The van der Waals surface area contributed by atoms with Crippen molar-refractivity contribution < 1.29 is 0 Å². The predicted octanol–water partition coefficient (Wildman–Crippen LogP) is 10.7. The minimum absolute atomic E-state index is 0.0229. The Balaban J connectivity index is 1.03. The van der Waals surface area contributed by atoms with Crippen LogP contribution in [-0.2, 0) is 5.41 Å². The number of hydrogen-bond acceptors (Lipinski definition) is 0. The largest absolute Gasteiger partial charge is 0.0985 e. The first-order valence-corrected chi connectivity index (χ1v) is 29.0. The molecule has 12 unspecified atom stereocenters. The van der Waals surface area contributed by atoms with E-state index in [-0.39, 0.29) is 5.41 Å². The van der Waals surface area contributed by atoms with Crippen LogP contribution >= 0.6 is 0 Å². The SMILES string of the molecule is C=Cc1ccc([SiH](C)CC2=CC3(C[SiH](C)c4ccc(C=C)cc4)c4c5c6c7c8c(c9ccc%10c%11c%12c%13c%14c(c4=C4C%15C=%14C%14C(C=CC%10C%12%14)C%15C=CC43)c6c%13c8c9%11)C=CC7C25)cc1. The lowest BCUT2D eigenvalue weighted by molar-refractivity contribution is 0.344. The quantitative estimate of drug-likeness (QED) is 0.0814. The van der Waals surface area contributed by atoms with E-state index < -0.39 is 17.6 Å². The van der Waals surface area contributed by atoms with Crippen LogP contribution in [0.15, 0.2) is 116 Å². The van der Waals surface area contributed by atoms with Crippen molar-refractivity contribution in [3.63, 3.8) is 0 Å². The van der Waals surface area contributed by atoms with Gasteiger partial charge in [0, 0.05) is 40.9 Å². The Morgan fingerprint density at radius 1 is 0.581 bits per heavy atom. The summed E-state index contributed by atoms with van der Waals surface area (Å²) >= 11 is 0. The first kappa shape index (κ1) is 32.2. The van der Waals surface area contributed by atoms with Crippen LogP contribution in [0.25, 0.3) is 83.2 Å². The van der Waals surface area contributed by atoms with Crippen LogP contribution in [0.1, 0.15) is 68.2 Å². The topological polar surface area (TPSA) is 0 Å². The van der Waals surface area contributed by atoms with Crippen molar-refractivity contribution in [2.24, 2.45) is 29.6 Å². The van der Waals surface area contributed by atoms with Crippen LogP contribution in [0, 0.1) is 29.6 Å². The van der Waals surface area contributed by atoms with Crippen molar-refractivity contribution in [3.8, 4) is 0 Å². The van der Waals surface area contributed by atoms with Crippen LogP contribution < -0.4 is 20.8 Å². The fraction of sp³-hybridized carbons (Fsp3) is 0.233. The Kier molecular flexibility index (Phi) is 5.09. The van der Waals surface area contributed by atoms with Gasteiger partial charge >= 0.3 is 0 Å². The highest BCUT2D eigenvalue weighted by molar-refractivity contribution is 6.73. The molecular weight excluding hydrogens is 777 g/mol. The van der Waals surface area contributed by atoms with Crippen molar-refractivity contribution >= 4 is 111 Å². The van der Waals surface area contributed by atoms with Crippen molar-refractivity contribution in [3.05, 3.63) is 171 Å². The molecular formula is C60H44Si2. The highest BCUT2D eigenvalue weighted by atomic mass is 28.3. The Morgan fingerprint density at radius 2 is 1.32 bits per heavy atom. The summed E-state index contributed by atoms with van der Waals surface area (Å²) in [6.07, 6.45) is 23.6. The van der Waals surface area contributed by atoms with Crippen molar-refractivity contribution in [1.29, 1.82) is 0 Å². The molecule has 62 heavy (non-hydrogen) atoms. The van der Waals surface area contributed by atoms with Gasteiger partial charge in [-0.1, -0.05) is 158 Å². The molecule has 10 aliphatic carbocycles. The van der Waals surface area contributed by atoms with Crippen LogP contribution in [0.3, 0.4) is 0 Å². The van der Waals surface area contributed by atoms with Crippen LogP contribution in [-0.4, -0.2) is 17.6 Å². The summed E-state index contributed by atoms with van der Waals surface area (Å²) in [4.78, 5) is 0. The highest BCUT2D eigenvalue weighted by Crippen LogP contribution is 2.75. The molecule has 10 aliphatic rings. The van der Waals surface area contributed by atoms with Gasteiger partial charge in [0.05, 0.1) is 17.6 Å². The lowest BCUT2D eigenvalue weighted by Gasteiger charge is -2.45. The first-order chi connectivity index (χ1) is 30.5. The molecule has 0 bridgehead atoms. The van der Waals surface area contributed by atoms with E-state index in [0.29, 0.717) is 53.3 Å². The van der Waals surface area contributed by atoms with Gasteiger partial charge in [0.2, 0.25) is 0 Å². The Labute approximate surface area is 363 Å². The number of hydrogen-bond donors (Lipinski definition) is 0. The van der Waals surface area contributed by atoms with Gasteiger partial charge in [-0.25, -0.2) is 0 Å². The zero-order chi connectivity index (χ0) is 40.1. The van der Waals surface area contributed by atoms with Gasteiger partial charge in [0.25, 0.3) is 0 Å². The summed E-state index contributed by atoms with van der Waals surface area (Å²) in [5.41, 5.74) is 18.3. The van der Waals surface area contributed by atoms with Crippen molar-refractivity contribution in [1.82, 2.24) is 0 Å². The minimum atomic E-state index is -1.44. The molecule has 12 atom stereocenters. The number of fused-ring (bicyclic) bond motifs is 5. The van der Waals surface area contributed by atoms with Crippen LogP contribution in [0.2, 0.25) is 25.2 Å². The van der Waals surface area contributed by atoms with Gasteiger partial charge in [-0.15, -0.1) is 0 Å². The van der Waals surface area contributed by atoms with Crippen LogP contribution in [0.5, 0.6) is 0 Å². The maximum absolute atomic E-state index is 4.11. The maximum Gasteiger partial charge on any atom is 0.0717 e. The Hall–Kier alpha value is -5.55. The van der Waals surface area contributed by atoms with Crippen molar-refractivity contribution in [2.45, 2.75) is 54.3 Å². The van der Waals surface area contributed by atoms with E-state index in [0.717, 1.165) is 0 Å². The molecule has 0 spiro atoms. The standard InChI is InChI=1S/C60H44Si2/c1-5-26-7-11-29(12-8-26)61(3)24-28-23-60(25-62(4)30-13-9-27(6-2)10-14-30)38-22-21-36-34-18-17-32-31-15-16-33-35-19-20-37-39(28)57-51-46(37)44(35)49-41(33)40(31)48-42(32)43(34)50-45(36)47(38)58(59(57)60)56-54(50)52(48)53(49)55(51)56/h5-23,32,34,36-39,42-43,45,61-62H,1-2,24-25H2,3-4H3. The highest BCUT2D eigenvalue weighted by Gasteiger charge is 2.65. The van der Waals surface area contributed by atoms with Gasteiger partial charge in [-0.3, -0.25) is 0 Å². The normalized spacial score (nSPS) is 32.5. The summed E-state index contributed by atoms with van der Waals surface area (Å²) in [5.74, 6) is 4.63. The summed E-state index contributed by atoms with van der Waals surface area (Å²) in [5, 5.41) is 23.5. The second-order valence-corrected chi connectivity index (χ2v) is 27.6. The average molecular weight is 821 g/mol. The summed E-state index contributed by atoms with van der Waals surface area (Å²) < 4.78 is 0. The lowest BCUT2D eigenvalue weighted by Crippen LogP contribution is -2.43. The van der Waals surface area contributed by atoms with E-state index in [9.17, 15) is 0 Å². The van der Waals surface area contributed by atoms with Crippen molar-refractivity contribution in [2.75, 3.05) is 0 Å². The third-order valence-corrected chi connectivity index (χ3v) is 25.3. The monoisotopic (exact) mass is 820 g/mol. The Morgan fingerprint density at radius 3 is 2.11 bits per heavy atom. The molecule has 0 saturated heterocycles. The smallest absolute Gasteiger partial charge is 0.0717 e. The fourth-order valence-electron chi connectivity index (χ4n) is 18.1. The van der Waals surface area contributed by atoms with Gasteiger partial charge < -0.3 is 0 Å². The second kappa shape index (κ2) is 9.81.